The summed E-state index contributed by atoms with van der Waals surface area (Å²) >= 11 is 5.12. The monoisotopic (exact) mass is 292 g/mol. The smallest absolute Gasteiger partial charge is 0.216 e. The molecule has 2 aromatic rings. The number of aromatic nitrogens is 3. The predicted octanol–water partition coefficient (Wildman–Crippen LogP) is 1.84. The molecule has 0 aliphatic heterocycles. The Hall–Kier alpha value is -1.99. The van der Waals surface area contributed by atoms with Crippen molar-refractivity contribution < 1.29 is 10.2 Å². The van der Waals surface area contributed by atoms with Crippen LogP contribution in [0.25, 0.3) is 0 Å². The first-order valence-electron chi connectivity index (χ1n) is 6.24. The van der Waals surface area contributed by atoms with E-state index in [1.165, 1.54) is 4.68 Å². The van der Waals surface area contributed by atoms with Crippen molar-refractivity contribution in [2.75, 3.05) is 0 Å². The fourth-order valence-corrected chi connectivity index (χ4v) is 1.83. The lowest BCUT2D eigenvalue weighted by Gasteiger charge is -2.03. The van der Waals surface area contributed by atoms with Crippen molar-refractivity contribution >= 4 is 18.4 Å². The Balaban J connectivity index is 2.18. The van der Waals surface area contributed by atoms with Crippen LogP contribution in [0.5, 0.6) is 5.75 Å². The van der Waals surface area contributed by atoms with Gasteiger partial charge in [0.15, 0.2) is 5.82 Å². The van der Waals surface area contributed by atoms with Crippen LogP contribution in [-0.4, -0.2) is 37.4 Å². The van der Waals surface area contributed by atoms with Crippen LogP contribution in [0.15, 0.2) is 29.4 Å². The highest BCUT2D eigenvalue weighted by Gasteiger charge is 2.06. The third kappa shape index (κ3) is 3.75. The van der Waals surface area contributed by atoms with Gasteiger partial charge in [0, 0.05) is 6.42 Å². The SMILES string of the molecule is CC(O)CCc1n[nH]c(=S)n1/N=C/c1ccc(O)cc1. The van der Waals surface area contributed by atoms with Crippen LogP contribution in [-0.2, 0) is 6.42 Å². The van der Waals surface area contributed by atoms with Gasteiger partial charge in [-0.1, -0.05) is 0 Å². The minimum Gasteiger partial charge on any atom is -0.508 e. The summed E-state index contributed by atoms with van der Waals surface area (Å²) in [4.78, 5) is 0. The summed E-state index contributed by atoms with van der Waals surface area (Å²) in [7, 11) is 0. The lowest BCUT2D eigenvalue weighted by atomic mass is 10.2. The van der Waals surface area contributed by atoms with Crippen LogP contribution in [0.4, 0.5) is 0 Å². The van der Waals surface area contributed by atoms with E-state index in [1.807, 2.05) is 0 Å². The van der Waals surface area contributed by atoms with Gasteiger partial charge in [-0.2, -0.15) is 14.9 Å². The minimum absolute atomic E-state index is 0.208. The van der Waals surface area contributed by atoms with Crippen molar-refractivity contribution in [2.24, 2.45) is 5.10 Å². The molecule has 3 N–H and O–H groups in total. The maximum Gasteiger partial charge on any atom is 0.216 e. The van der Waals surface area contributed by atoms with Crippen LogP contribution < -0.4 is 0 Å². The Morgan fingerprint density at radius 3 is 2.80 bits per heavy atom. The van der Waals surface area contributed by atoms with E-state index in [4.69, 9.17) is 12.2 Å². The second-order valence-corrected chi connectivity index (χ2v) is 4.87. The molecule has 1 atom stereocenters. The van der Waals surface area contributed by atoms with E-state index < -0.39 is 6.10 Å². The lowest BCUT2D eigenvalue weighted by Crippen LogP contribution is -2.05. The number of phenolic OH excluding ortho intramolecular Hbond substituents is 1. The Labute approximate surface area is 121 Å². The first-order chi connectivity index (χ1) is 9.56. The van der Waals surface area contributed by atoms with E-state index in [0.717, 1.165) is 5.56 Å². The van der Waals surface area contributed by atoms with Crippen LogP contribution in [0.2, 0.25) is 0 Å². The van der Waals surface area contributed by atoms with Gasteiger partial charge < -0.3 is 10.2 Å². The van der Waals surface area contributed by atoms with E-state index in [0.29, 0.717) is 23.4 Å². The van der Waals surface area contributed by atoms with Crippen LogP contribution in [0.1, 0.15) is 24.7 Å². The largest absolute Gasteiger partial charge is 0.508 e. The molecule has 6 nitrogen and oxygen atoms in total. The Morgan fingerprint density at radius 2 is 2.15 bits per heavy atom. The molecule has 0 radical (unpaired) electrons. The molecule has 0 amide bonds. The van der Waals surface area contributed by atoms with Gasteiger partial charge in [0.1, 0.15) is 5.75 Å². The maximum absolute atomic E-state index is 9.31. The van der Waals surface area contributed by atoms with E-state index >= 15 is 0 Å². The molecular formula is C13H16N4O2S. The van der Waals surface area contributed by atoms with Crippen LogP contribution >= 0.6 is 12.2 Å². The number of rotatable bonds is 5. The van der Waals surface area contributed by atoms with Gasteiger partial charge in [-0.05, 0) is 55.4 Å². The molecular weight excluding hydrogens is 276 g/mol. The average Bonchev–Trinajstić information content (AvgIpc) is 2.76. The fraction of sp³-hybridized carbons (Fsp3) is 0.308. The predicted molar refractivity (Wildman–Crippen MR) is 78.5 cm³/mol. The normalized spacial score (nSPS) is 12.9. The Morgan fingerprint density at radius 1 is 1.45 bits per heavy atom. The summed E-state index contributed by atoms with van der Waals surface area (Å²) in [6.45, 7) is 1.73. The molecule has 2 rings (SSSR count). The molecule has 0 spiro atoms. The molecule has 0 saturated carbocycles. The van der Waals surface area contributed by atoms with Crippen LogP contribution in [0.3, 0.4) is 0 Å². The van der Waals surface area contributed by atoms with Crippen molar-refractivity contribution in [3.8, 4) is 5.75 Å². The third-order valence-corrected chi connectivity index (χ3v) is 2.98. The Kier molecular flexibility index (Phi) is 4.65. The molecule has 0 saturated heterocycles. The standard InChI is InChI=1S/C13H16N4O2S/c1-9(18)2-7-12-15-16-13(20)17(12)14-8-10-3-5-11(19)6-4-10/h3-6,8-9,18-19H,2,7H2,1H3,(H,16,20)/b14-8+. The summed E-state index contributed by atoms with van der Waals surface area (Å²) in [5.41, 5.74) is 0.840. The summed E-state index contributed by atoms with van der Waals surface area (Å²) in [5.74, 6) is 0.880. The van der Waals surface area contributed by atoms with Crippen molar-refractivity contribution in [3.63, 3.8) is 0 Å². The number of phenols is 1. The van der Waals surface area contributed by atoms with Gasteiger partial charge in [0.2, 0.25) is 4.77 Å². The van der Waals surface area contributed by atoms with Gasteiger partial charge in [-0.15, -0.1) is 0 Å². The topological polar surface area (TPSA) is 86.4 Å². The number of nitrogens with one attached hydrogen (secondary N) is 1. The quantitative estimate of drug-likeness (QED) is 0.580. The van der Waals surface area contributed by atoms with Gasteiger partial charge in [-0.3, -0.25) is 5.10 Å². The van der Waals surface area contributed by atoms with E-state index in [9.17, 15) is 10.2 Å². The zero-order valence-corrected chi connectivity index (χ0v) is 11.8. The third-order valence-electron chi connectivity index (χ3n) is 2.72. The van der Waals surface area contributed by atoms with Crippen LogP contribution in [0, 0.1) is 4.77 Å². The number of benzene rings is 1. The van der Waals surface area contributed by atoms with E-state index in [1.54, 1.807) is 37.4 Å². The summed E-state index contributed by atoms with van der Waals surface area (Å²) in [6.07, 6.45) is 2.41. The number of aliphatic hydroxyl groups is 1. The molecule has 1 unspecified atom stereocenters. The van der Waals surface area contributed by atoms with Gasteiger partial charge in [0.05, 0.1) is 12.3 Å². The molecule has 0 bridgehead atoms. The second-order valence-electron chi connectivity index (χ2n) is 4.48. The van der Waals surface area contributed by atoms with E-state index in [-0.39, 0.29) is 5.75 Å². The molecule has 7 heteroatoms. The number of H-pyrrole nitrogens is 1. The first kappa shape index (κ1) is 14.4. The number of aromatic amines is 1. The number of hydrogen-bond acceptors (Lipinski definition) is 5. The fourth-order valence-electron chi connectivity index (χ4n) is 1.63. The molecule has 106 valence electrons. The molecule has 0 aliphatic carbocycles. The molecule has 1 aromatic carbocycles. The molecule has 0 aliphatic rings. The zero-order valence-electron chi connectivity index (χ0n) is 11.0. The maximum atomic E-state index is 9.31. The summed E-state index contributed by atoms with van der Waals surface area (Å²) in [5, 5.41) is 29.6. The number of aryl methyl sites for hydroxylation is 1. The second kappa shape index (κ2) is 6.44. The van der Waals surface area contributed by atoms with Crippen molar-refractivity contribution in [2.45, 2.75) is 25.9 Å². The zero-order chi connectivity index (χ0) is 14.5. The summed E-state index contributed by atoms with van der Waals surface area (Å²) in [6, 6.07) is 6.67. The summed E-state index contributed by atoms with van der Waals surface area (Å²) < 4.78 is 1.94. The Bertz CT molecular complexity index is 643. The van der Waals surface area contributed by atoms with Gasteiger partial charge in [-0.25, -0.2) is 0 Å². The van der Waals surface area contributed by atoms with E-state index in [2.05, 4.69) is 15.3 Å². The highest BCUT2D eigenvalue weighted by molar-refractivity contribution is 7.71. The molecule has 0 fully saturated rings. The molecule has 1 heterocycles. The minimum atomic E-state index is -0.394. The highest BCUT2D eigenvalue weighted by Crippen LogP contribution is 2.08. The van der Waals surface area contributed by atoms with Crippen molar-refractivity contribution in [3.05, 3.63) is 40.4 Å². The van der Waals surface area contributed by atoms with Gasteiger partial charge in [0.25, 0.3) is 0 Å². The van der Waals surface area contributed by atoms with Crippen molar-refractivity contribution in [1.82, 2.24) is 14.9 Å². The number of hydrogen-bond donors (Lipinski definition) is 3. The molecule has 1 aromatic heterocycles. The number of nitrogens with zero attached hydrogens (tertiary/aromatic N) is 3. The average molecular weight is 292 g/mol. The number of aromatic hydroxyl groups is 1. The van der Waals surface area contributed by atoms with Gasteiger partial charge >= 0.3 is 0 Å². The number of aliphatic hydroxyl groups excluding tert-OH is 1. The first-order valence-corrected chi connectivity index (χ1v) is 6.65. The highest BCUT2D eigenvalue weighted by atomic mass is 32.1. The molecule has 20 heavy (non-hydrogen) atoms. The van der Waals surface area contributed by atoms with Crippen molar-refractivity contribution in [1.29, 1.82) is 0 Å². The lowest BCUT2D eigenvalue weighted by molar-refractivity contribution is 0.184.